The van der Waals surface area contributed by atoms with E-state index in [0.717, 1.165) is 12.1 Å². The van der Waals surface area contributed by atoms with Gasteiger partial charge in [-0.05, 0) is 32.0 Å². The summed E-state index contributed by atoms with van der Waals surface area (Å²) >= 11 is 0. The van der Waals surface area contributed by atoms with Gasteiger partial charge < -0.3 is 4.90 Å². The van der Waals surface area contributed by atoms with Crippen molar-refractivity contribution in [2.24, 2.45) is 0 Å². The van der Waals surface area contributed by atoms with Crippen LogP contribution in [0.1, 0.15) is 24.2 Å². The molecule has 0 saturated heterocycles. The number of nitriles is 1. The van der Waals surface area contributed by atoms with Gasteiger partial charge in [-0.1, -0.05) is 0 Å². The van der Waals surface area contributed by atoms with Crippen LogP contribution in [0.25, 0.3) is 0 Å². The van der Waals surface area contributed by atoms with Gasteiger partial charge in [0, 0.05) is 12.6 Å². The Kier molecular flexibility index (Phi) is 3.47. The lowest BCUT2D eigenvalue weighted by atomic mass is 10.0. The van der Waals surface area contributed by atoms with Crippen LogP contribution in [-0.4, -0.2) is 23.4 Å². The number of hydrogen-bond donors (Lipinski definition) is 0. The molecule has 5 heteroatoms. The first-order valence-corrected chi connectivity index (χ1v) is 4.94. The summed E-state index contributed by atoms with van der Waals surface area (Å²) in [5, 5.41) is 8.88. The van der Waals surface area contributed by atoms with Crippen molar-refractivity contribution in [2.75, 3.05) is 7.05 Å². The number of benzene rings is 1. The van der Waals surface area contributed by atoms with Crippen molar-refractivity contribution < 1.29 is 13.6 Å². The molecular weight excluding hydrogens is 226 g/mol. The maximum Gasteiger partial charge on any atom is 0.254 e. The summed E-state index contributed by atoms with van der Waals surface area (Å²) in [6, 6.07) is 4.85. The van der Waals surface area contributed by atoms with Crippen LogP contribution in [0.2, 0.25) is 0 Å². The average Bonchev–Trinajstić information content (AvgIpc) is 2.30. The first kappa shape index (κ1) is 13.1. The Morgan fingerprint density at radius 2 is 1.94 bits per heavy atom. The molecule has 0 aliphatic rings. The van der Waals surface area contributed by atoms with E-state index in [4.69, 9.17) is 5.26 Å². The van der Waals surface area contributed by atoms with Gasteiger partial charge in [-0.15, -0.1) is 0 Å². The lowest BCUT2D eigenvalue weighted by molar-refractivity contribution is 0.0697. The van der Waals surface area contributed by atoms with Crippen LogP contribution in [0.4, 0.5) is 8.78 Å². The van der Waals surface area contributed by atoms with Gasteiger partial charge in [0.25, 0.3) is 5.91 Å². The third-order valence-corrected chi connectivity index (χ3v) is 2.58. The molecule has 0 atom stereocenters. The van der Waals surface area contributed by atoms with Crippen LogP contribution in [-0.2, 0) is 0 Å². The van der Waals surface area contributed by atoms with Gasteiger partial charge in [0.05, 0.1) is 6.07 Å². The number of amides is 1. The molecule has 0 aliphatic carbocycles. The van der Waals surface area contributed by atoms with Gasteiger partial charge in [-0.25, -0.2) is 8.78 Å². The Hall–Kier alpha value is -1.96. The average molecular weight is 238 g/mol. The summed E-state index contributed by atoms with van der Waals surface area (Å²) in [6.45, 7) is 3.12. The smallest absolute Gasteiger partial charge is 0.254 e. The molecular formula is C12H12F2N2O. The molecule has 0 saturated carbocycles. The van der Waals surface area contributed by atoms with Gasteiger partial charge in [0.2, 0.25) is 0 Å². The molecule has 0 fully saturated rings. The first-order valence-electron chi connectivity index (χ1n) is 4.94. The number of rotatable bonds is 2. The number of halogens is 2. The van der Waals surface area contributed by atoms with Gasteiger partial charge in [0.1, 0.15) is 5.54 Å². The van der Waals surface area contributed by atoms with Gasteiger partial charge in [-0.3, -0.25) is 4.79 Å². The molecule has 90 valence electrons. The number of hydrogen-bond acceptors (Lipinski definition) is 2. The molecule has 0 spiro atoms. The molecule has 17 heavy (non-hydrogen) atoms. The number of nitrogens with zero attached hydrogens (tertiary/aromatic N) is 2. The van der Waals surface area contributed by atoms with E-state index < -0.39 is 23.1 Å². The Balaban J connectivity index is 3.06. The van der Waals surface area contributed by atoms with Crippen molar-refractivity contribution in [3.8, 4) is 6.07 Å². The molecule has 0 heterocycles. The van der Waals surface area contributed by atoms with E-state index in [1.807, 2.05) is 6.07 Å². The second-order valence-corrected chi connectivity index (χ2v) is 4.16. The molecule has 0 aromatic heterocycles. The zero-order chi connectivity index (χ0) is 13.2. The van der Waals surface area contributed by atoms with E-state index in [1.54, 1.807) is 13.8 Å². The highest BCUT2D eigenvalue weighted by atomic mass is 19.2. The van der Waals surface area contributed by atoms with E-state index in [9.17, 15) is 13.6 Å². The topological polar surface area (TPSA) is 44.1 Å². The van der Waals surface area contributed by atoms with E-state index in [-0.39, 0.29) is 5.56 Å². The summed E-state index contributed by atoms with van der Waals surface area (Å²) in [5.41, 5.74) is -1.00. The fourth-order valence-corrected chi connectivity index (χ4v) is 1.15. The summed E-state index contributed by atoms with van der Waals surface area (Å²) in [6.07, 6.45) is 0. The highest BCUT2D eigenvalue weighted by Gasteiger charge is 2.28. The molecule has 0 N–H and O–H groups in total. The van der Waals surface area contributed by atoms with Gasteiger partial charge in [-0.2, -0.15) is 5.26 Å². The molecule has 1 amide bonds. The quantitative estimate of drug-likeness (QED) is 0.793. The highest BCUT2D eigenvalue weighted by molar-refractivity contribution is 5.94. The van der Waals surface area contributed by atoms with Crippen molar-refractivity contribution in [3.05, 3.63) is 35.4 Å². The third kappa shape index (κ3) is 2.59. The molecule has 0 bridgehead atoms. The predicted octanol–water partition coefficient (Wildman–Crippen LogP) is 2.34. The maximum atomic E-state index is 13.0. The van der Waals surface area contributed by atoms with Crippen molar-refractivity contribution in [1.29, 1.82) is 5.26 Å². The Labute approximate surface area is 98.3 Å². The minimum absolute atomic E-state index is 0.00900. The van der Waals surface area contributed by atoms with Crippen LogP contribution in [0.5, 0.6) is 0 Å². The molecule has 3 nitrogen and oxygen atoms in total. The fourth-order valence-electron chi connectivity index (χ4n) is 1.15. The summed E-state index contributed by atoms with van der Waals surface area (Å²) in [5.74, 6) is -2.63. The second-order valence-electron chi connectivity index (χ2n) is 4.16. The van der Waals surface area contributed by atoms with Crippen molar-refractivity contribution in [1.82, 2.24) is 4.90 Å². The molecule has 0 aliphatic heterocycles. The summed E-state index contributed by atoms with van der Waals surface area (Å²) in [7, 11) is 1.44. The highest BCUT2D eigenvalue weighted by Crippen LogP contribution is 2.16. The normalized spacial score (nSPS) is 10.8. The van der Waals surface area contributed by atoms with Crippen LogP contribution < -0.4 is 0 Å². The van der Waals surface area contributed by atoms with Crippen molar-refractivity contribution >= 4 is 5.91 Å². The Bertz CT molecular complexity index is 492. The monoisotopic (exact) mass is 238 g/mol. The Morgan fingerprint density at radius 3 is 2.41 bits per heavy atom. The van der Waals surface area contributed by atoms with E-state index in [1.165, 1.54) is 18.0 Å². The minimum atomic E-state index is -1.08. The van der Waals surface area contributed by atoms with Crippen LogP contribution in [0.15, 0.2) is 18.2 Å². The standard InChI is InChI=1S/C12H12F2N2O/c1-12(2,7-15)16(3)11(17)8-4-5-9(13)10(14)6-8/h4-6H,1-3H3. The number of carbonyl (C=O) groups is 1. The van der Waals surface area contributed by atoms with E-state index >= 15 is 0 Å². The zero-order valence-corrected chi connectivity index (χ0v) is 9.79. The predicted molar refractivity (Wildman–Crippen MR) is 58.1 cm³/mol. The second kappa shape index (κ2) is 4.50. The zero-order valence-electron chi connectivity index (χ0n) is 9.79. The lowest BCUT2D eigenvalue weighted by Gasteiger charge is -2.29. The molecule has 0 unspecified atom stereocenters. The third-order valence-electron chi connectivity index (χ3n) is 2.58. The Morgan fingerprint density at radius 1 is 1.35 bits per heavy atom. The first-order chi connectivity index (χ1) is 7.79. The SMILES string of the molecule is CN(C(=O)c1ccc(F)c(F)c1)C(C)(C)C#N. The summed E-state index contributed by atoms with van der Waals surface area (Å²) < 4.78 is 25.7. The maximum absolute atomic E-state index is 13.0. The lowest BCUT2D eigenvalue weighted by Crippen LogP contribution is -2.43. The molecule has 0 radical (unpaired) electrons. The van der Waals surface area contributed by atoms with E-state index in [0.29, 0.717) is 0 Å². The van der Waals surface area contributed by atoms with E-state index in [2.05, 4.69) is 0 Å². The number of carbonyl (C=O) groups excluding carboxylic acids is 1. The van der Waals surface area contributed by atoms with Gasteiger partial charge in [0.15, 0.2) is 11.6 Å². The van der Waals surface area contributed by atoms with Gasteiger partial charge >= 0.3 is 0 Å². The molecule has 1 rings (SSSR count). The fraction of sp³-hybridized carbons (Fsp3) is 0.333. The molecule has 1 aromatic rings. The largest absolute Gasteiger partial charge is 0.324 e. The van der Waals surface area contributed by atoms with Crippen LogP contribution in [0, 0.1) is 23.0 Å². The van der Waals surface area contributed by atoms with Crippen molar-refractivity contribution in [2.45, 2.75) is 19.4 Å². The summed E-state index contributed by atoms with van der Waals surface area (Å²) in [4.78, 5) is 13.1. The van der Waals surface area contributed by atoms with Crippen LogP contribution in [0.3, 0.4) is 0 Å². The molecule has 1 aromatic carbocycles. The van der Waals surface area contributed by atoms with Crippen LogP contribution >= 0.6 is 0 Å². The minimum Gasteiger partial charge on any atom is -0.324 e. The van der Waals surface area contributed by atoms with Crippen molar-refractivity contribution in [3.63, 3.8) is 0 Å².